The highest BCUT2D eigenvalue weighted by molar-refractivity contribution is 5.70. The van der Waals surface area contributed by atoms with Crippen LogP contribution in [0.4, 0.5) is 5.69 Å². The molecular formula is C12H18N2O2. The van der Waals surface area contributed by atoms with E-state index in [9.17, 15) is 4.79 Å². The van der Waals surface area contributed by atoms with Crippen LogP contribution >= 0.6 is 0 Å². The van der Waals surface area contributed by atoms with E-state index < -0.39 is 5.60 Å². The van der Waals surface area contributed by atoms with Gasteiger partial charge in [0.2, 0.25) is 0 Å². The molecule has 1 heterocycles. The van der Waals surface area contributed by atoms with Gasteiger partial charge < -0.3 is 10.5 Å². The molecule has 2 N–H and O–H groups in total. The minimum Gasteiger partial charge on any atom is -0.460 e. The summed E-state index contributed by atoms with van der Waals surface area (Å²) in [5.74, 6) is -0.212. The molecule has 1 aromatic rings. The molecule has 0 bridgehead atoms. The summed E-state index contributed by atoms with van der Waals surface area (Å²) in [6.07, 6.45) is 4.20. The third-order valence-electron chi connectivity index (χ3n) is 1.96. The van der Waals surface area contributed by atoms with E-state index in [2.05, 4.69) is 4.98 Å². The van der Waals surface area contributed by atoms with E-state index in [1.807, 2.05) is 20.8 Å². The maximum Gasteiger partial charge on any atom is 0.306 e. The second-order valence-electron chi connectivity index (χ2n) is 4.66. The molecule has 0 saturated heterocycles. The van der Waals surface area contributed by atoms with Crippen LogP contribution in [0, 0.1) is 0 Å². The van der Waals surface area contributed by atoms with Gasteiger partial charge in [-0.05, 0) is 38.8 Å². The Hall–Kier alpha value is -1.58. The number of nitrogens with two attached hydrogens (primary N) is 1. The minimum absolute atomic E-state index is 0.212. The van der Waals surface area contributed by atoms with E-state index in [0.29, 0.717) is 18.5 Å². The summed E-state index contributed by atoms with van der Waals surface area (Å²) in [5, 5.41) is 0. The monoisotopic (exact) mass is 222 g/mol. The first kappa shape index (κ1) is 12.5. The van der Waals surface area contributed by atoms with Gasteiger partial charge in [-0.15, -0.1) is 0 Å². The number of carbonyl (C=O) groups is 1. The third-order valence-corrected chi connectivity index (χ3v) is 1.96. The van der Waals surface area contributed by atoms with Gasteiger partial charge in [-0.2, -0.15) is 0 Å². The van der Waals surface area contributed by atoms with E-state index in [1.54, 1.807) is 18.5 Å². The first-order chi connectivity index (χ1) is 7.38. The predicted octanol–water partition coefficient (Wildman–Crippen LogP) is 1.94. The summed E-state index contributed by atoms with van der Waals surface area (Å²) in [4.78, 5) is 15.4. The summed E-state index contributed by atoms with van der Waals surface area (Å²) < 4.78 is 5.20. The van der Waals surface area contributed by atoms with Crippen molar-refractivity contribution in [2.24, 2.45) is 0 Å². The number of hydrogen-bond donors (Lipinski definition) is 1. The highest BCUT2D eigenvalue weighted by Gasteiger charge is 2.16. The van der Waals surface area contributed by atoms with Gasteiger partial charge in [0.25, 0.3) is 0 Å². The molecule has 0 spiro atoms. The predicted molar refractivity (Wildman–Crippen MR) is 62.8 cm³/mol. The average molecular weight is 222 g/mol. The number of esters is 1. The lowest BCUT2D eigenvalue weighted by Crippen LogP contribution is -2.24. The Morgan fingerprint density at radius 1 is 1.50 bits per heavy atom. The lowest BCUT2D eigenvalue weighted by atomic mass is 10.1. The Kier molecular flexibility index (Phi) is 3.88. The molecule has 88 valence electrons. The average Bonchev–Trinajstić information content (AvgIpc) is 2.14. The Labute approximate surface area is 95.8 Å². The quantitative estimate of drug-likeness (QED) is 0.794. The molecule has 16 heavy (non-hydrogen) atoms. The maximum absolute atomic E-state index is 11.5. The molecule has 0 atom stereocenters. The molecule has 0 aromatic carbocycles. The zero-order valence-electron chi connectivity index (χ0n) is 9.99. The van der Waals surface area contributed by atoms with Crippen molar-refractivity contribution in [2.45, 2.75) is 39.2 Å². The summed E-state index contributed by atoms with van der Waals surface area (Å²) in [5.41, 5.74) is 6.86. The van der Waals surface area contributed by atoms with Crippen molar-refractivity contribution in [1.29, 1.82) is 0 Å². The van der Waals surface area contributed by atoms with Crippen molar-refractivity contribution in [3.8, 4) is 0 Å². The molecule has 0 fully saturated rings. The summed E-state index contributed by atoms with van der Waals surface area (Å²) in [6.45, 7) is 5.55. The molecule has 4 heteroatoms. The fourth-order valence-electron chi connectivity index (χ4n) is 1.28. The van der Waals surface area contributed by atoms with Gasteiger partial charge in [0, 0.05) is 24.5 Å². The topological polar surface area (TPSA) is 65.2 Å². The largest absolute Gasteiger partial charge is 0.460 e. The van der Waals surface area contributed by atoms with Crippen LogP contribution in [-0.2, 0) is 16.0 Å². The molecule has 1 aromatic heterocycles. The number of hydrogen-bond acceptors (Lipinski definition) is 4. The van der Waals surface area contributed by atoms with Crippen LogP contribution in [0.15, 0.2) is 18.5 Å². The van der Waals surface area contributed by atoms with Crippen LogP contribution in [0.1, 0.15) is 32.8 Å². The Bertz CT molecular complexity index is 370. The van der Waals surface area contributed by atoms with Crippen molar-refractivity contribution in [3.63, 3.8) is 0 Å². The van der Waals surface area contributed by atoms with Gasteiger partial charge in [-0.3, -0.25) is 9.78 Å². The fraction of sp³-hybridized carbons (Fsp3) is 0.500. The van der Waals surface area contributed by atoms with E-state index in [-0.39, 0.29) is 5.97 Å². The van der Waals surface area contributed by atoms with Crippen LogP contribution < -0.4 is 5.73 Å². The number of aromatic nitrogens is 1. The summed E-state index contributed by atoms with van der Waals surface area (Å²) in [6, 6.07) is 1.73. The molecule has 4 nitrogen and oxygen atoms in total. The second kappa shape index (κ2) is 4.96. The molecule has 0 aliphatic heterocycles. The van der Waals surface area contributed by atoms with E-state index in [0.717, 1.165) is 5.56 Å². The number of pyridine rings is 1. The lowest BCUT2D eigenvalue weighted by Gasteiger charge is -2.19. The molecule has 0 aliphatic carbocycles. The highest BCUT2D eigenvalue weighted by Crippen LogP contribution is 2.13. The van der Waals surface area contributed by atoms with Gasteiger partial charge in [0.1, 0.15) is 5.60 Å². The van der Waals surface area contributed by atoms with Crippen LogP contribution in [0.25, 0.3) is 0 Å². The fourth-order valence-corrected chi connectivity index (χ4v) is 1.28. The molecular weight excluding hydrogens is 204 g/mol. The summed E-state index contributed by atoms with van der Waals surface area (Å²) in [7, 11) is 0. The van der Waals surface area contributed by atoms with Crippen molar-refractivity contribution in [3.05, 3.63) is 24.0 Å². The third kappa shape index (κ3) is 4.29. The van der Waals surface area contributed by atoms with Gasteiger partial charge in [-0.1, -0.05) is 0 Å². The Morgan fingerprint density at radius 3 is 2.75 bits per heavy atom. The standard InChI is InChI=1S/C12H18N2O2/c1-12(2,3)16-11(15)5-4-9-8-14-7-6-10(9)13/h6-8H,4-5H2,1-3H3,(H2,13,14). The Morgan fingerprint density at radius 2 is 2.19 bits per heavy atom. The van der Waals surface area contributed by atoms with Crippen LogP contribution in [0.3, 0.4) is 0 Å². The smallest absolute Gasteiger partial charge is 0.306 e. The number of nitrogen functional groups attached to an aromatic ring is 1. The van der Waals surface area contributed by atoms with Gasteiger partial charge in [-0.25, -0.2) is 0 Å². The molecule has 0 saturated carbocycles. The maximum atomic E-state index is 11.5. The first-order valence-electron chi connectivity index (χ1n) is 5.29. The molecule has 0 unspecified atom stereocenters. The number of ether oxygens (including phenoxy) is 1. The van der Waals surface area contributed by atoms with Gasteiger partial charge >= 0.3 is 5.97 Å². The molecule has 0 radical (unpaired) electrons. The number of rotatable bonds is 3. The number of aryl methyl sites for hydroxylation is 1. The van der Waals surface area contributed by atoms with Crippen molar-refractivity contribution in [2.75, 3.05) is 5.73 Å². The van der Waals surface area contributed by atoms with Crippen molar-refractivity contribution < 1.29 is 9.53 Å². The van der Waals surface area contributed by atoms with Crippen LogP contribution in [0.5, 0.6) is 0 Å². The number of carbonyl (C=O) groups excluding carboxylic acids is 1. The molecule has 0 aliphatic rings. The second-order valence-corrected chi connectivity index (χ2v) is 4.66. The minimum atomic E-state index is -0.433. The van der Waals surface area contributed by atoms with Gasteiger partial charge in [0.15, 0.2) is 0 Å². The zero-order valence-corrected chi connectivity index (χ0v) is 9.99. The molecule has 1 rings (SSSR count). The van der Waals surface area contributed by atoms with Gasteiger partial charge in [0.05, 0.1) is 0 Å². The first-order valence-corrected chi connectivity index (χ1v) is 5.29. The SMILES string of the molecule is CC(C)(C)OC(=O)CCc1cnccc1N. The van der Waals surface area contributed by atoms with Crippen molar-refractivity contribution in [1.82, 2.24) is 4.98 Å². The van der Waals surface area contributed by atoms with Crippen molar-refractivity contribution >= 4 is 11.7 Å². The van der Waals surface area contributed by atoms with E-state index >= 15 is 0 Å². The zero-order chi connectivity index (χ0) is 12.2. The highest BCUT2D eigenvalue weighted by atomic mass is 16.6. The summed E-state index contributed by atoms with van der Waals surface area (Å²) >= 11 is 0. The molecule has 0 amide bonds. The lowest BCUT2D eigenvalue weighted by molar-refractivity contribution is -0.154. The van der Waals surface area contributed by atoms with Crippen LogP contribution in [-0.4, -0.2) is 16.6 Å². The Balaban J connectivity index is 2.47. The number of nitrogens with zero attached hydrogens (tertiary/aromatic N) is 1. The van der Waals surface area contributed by atoms with E-state index in [4.69, 9.17) is 10.5 Å². The normalized spacial score (nSPS) is 11.2. The van der Waals surface area contributed by atoms with Crippen LogP contribution in [0.2, 0.25) is 0 Å². The number of anilines is 1. The van der Waals surface area contributed by atoms with E-state index in [1.165, 1.54) is 0 Å².